The van der Waals surface area contributed by atoms with Crippen LogP contribution in [0.4, 0.5) is 0 Å². The topological polar surface area (TPSA) is 98.7 Å². The van der Waals surface area contributed by atoms with Crippen LogP contribution in [0.5, 0.6) is 0 Å². The van der Waals surface area contributed by atoms with E-state index < -0.39 is 24.0 Å². The summed E-state index contributed by atoms with van der Waals surface area (Å²) in [5.41, 5.74) is 2.47. The Kier molecular flexibility index (Phi) is 7.82. The van der Waals surface area contributed by atoms with Gasteiger partial charge in [0.05, 0.1) is 11.0 Å². The van der Waals surface area contributed by atoms with Crippen LogP contribution in [0.3, 0.4) is 0 Å². The molecule has 0 aliphatic carbocycles. The number of thiophene rings is 1. The molecule has 0 saturated carbocycles. The van der Waals surface area contributed by atoms with Crippen molar-refractivity contribution < 1.29 is 19.9 Å². The first-order valence-corrected chi connectivity index (χ1v) is 7.97. The quantitative estimate of drug-likeness (QED) is 0.379. The molecule has 0 fully saturated rings. The number of carbonyl (C=O) groups is 2. The van der Waals surface area contributed by atoms with Crippen molar-refractivity contribution in [2.75, 3.05) is 0 Å². The number of rotatable bonds is 4. The number of amides is 2. The third kappa shape index (κ3) is 5.72. The van der Waals surface area contributed by atoms with Crippen molar-refractivity contribution in [1.82, 2.24) is 10.8 Å². The second-order valence-corrected chi connectivity index (χ2v) is 5.92. The average Bonchev–Trinajstić information content (AvgIpc) is 3.10. The lowest BCUT2D eigenvalue weighted by Crippen LogP contribution is -2.51. The molecule has 2 rings (SSSR count). The van der Waals surface area contributed by atoms with E-state index in [2.05, 4.69) is 17.2 Å². The first-order chi connectivity index (χ1) is 11.5. The van der Waals surface area contributed by atoms with Crippen LogP contribution in [0.25, 0.3) is 0 Å². The van der Waals surface area contributed by atoms with E-state index in [-0.39, 0.29) is 7.43 Å². The maximum atomic E-state index is 12.1. The molecular formula is C18H20N2O4S. The lowest BCUT2D eigenvalue weighted by molar-refractivity contribution is -0.133. The Labute approximate surface area is 150 Å². The summed E-state index contributed by atoms with van der Waals surface area (Å²) in [6, 6.07) is 9.12. The average molecular weight is 360 g/mol. The lowest BCUT2D eigenvalue weighted by atomic mass is 10.1. The van der Waals surface area contributed by atoms with Gasteiger partial charge in [0.25, 0.3) is 11.8 Å². The molecule has 2 atom stereocenters. The van der Waals surface area contributed by atoms with Crippen molar-refractivity contribution in [2.45, 2.75) is 26.5 Å². The minimum atomic E-state index is -1.25. The first kappa shape index (κ1) is 20.4. The summed E-state index contributed by atoms with van der Waals surface area (Å²) in [6.45, 7) is 1.34. The van der Waals surface area contributed by atoms with Gasteiger partial charge in [-0.2, -0.15) is 0 Å². The first-order valence-electron chi connectivity index (χ1n) is 7.09. The Morgan fingerprint density at radius 3 is 2.36 bits per heavy atom. The van der Waals surface area contributed by atoms with E-state index in [1.165, 1.54) is 12.4 Å². The molecule has 1 aromatic carbocycles. The van der Waals surface area contributed by atoms with Gasteiger partial charge >= 0.3 is 0 Å². The normalized spacial score (nSPS) is 12.0. The summed E-state index contributed by atoms with van der Waals surface area (Å²) in [6.07, 6.45) is -1.16. The number of aliphatic hydroxyl groups is 1. The molecule has 6 nitrogen and oxygen atoms in total. The summed E-state index contributed by atoms with van der Waals surface area (Å²) < 4.78 is 0. The highest BCUT2D eigenvalue weighted by Crippen LogP contribution is 2.08. The van der Waals surface area contributed by atoms with Crippen LogP contribution in [-0.2, 0) is 4.79 Å². The van der Waals surface area contributed by atoms with Gasteiger partial charge in [0.15, 0.2) is 0 Å². The van der Waals surface area contributed by atoms with Crippen molar-refractivity contribution in [3.05, 3.63) is 57.8 Å². The largest absolute Gasteiger partial charge is 0.391 e. The number of aliphatic hydroxyl groups excluding tert-OH is 1. The number of hydrogen-bond donors (Lipinski definition) is 4. The van der Waals surface area contributed by atoms with E-state index in [1.807, 2.05) is 17.5 Å². The van der Waals surface area contributed by atoms with Crippen molar-refractivity contribution in [3.8, 4) is 11.8 Å². The molecular weight excluding hydrogens is 340 g/mol. The zero-order chi connectivity index (χ0) is 17.5. The van der Waals surface area contributed by atoms with Gasteiger partial charge in [-0.25, -0.2) is 5.48 Å². The van der Waals surface area contributed by atoms with Gasteiger partial charge < -0.3 is 10.4 Å². The fraction of sp³-hybridized carbons (Fsp3) is 0.222. The highest BCUT2D eigenvalue weighted by Gasteiger charge is 2.25. The molecule has 0 radical (unpaired) electrons. The van der Waals surface area contributed by atoms with Crippen LogP contribution in [0.1, 0.15) is 35.1 Å². The third-order valence-electron chi connectivity index (χ3n) is 3.16. The molecule has 2 aromatic rings. The van der Waals surface area contributed by atoms with Gasteiger partial charge in [-0.3, -0.25) is 14.8 Å². The molecule has 0 bridgehead atoms. The molecule has 0 unspecified atom stereocenters. The molecule has 0 aliphatic rings. The summed E-state index contributed by atoms with van der Waals surface area (Å²) in [7, 11) is 0. The third-order valence-corrected chi connectivity index (χ3v) is 3.95. The number of hydroxylamine groups is 1. The second-order valence-electron chi connectivity index (χ2n) is 4.97. The highest BCUT2D eigenvalue weighted by atomic mass is 32.1. The van der Waals surface area contributed by atoms with Crippen molar-refractivity contribution >= 4 is 23.2 Å². The lowest BCUT2D eigenvalue weighted by Gasteiger charge is -2.19. The van der Waals surface area contributed by atoms with Crippen LogP contribution in [-0.4, -0.2) is 34.3 Å². The van der Waals surface area contributed by atoms with Gasteiger partial charge in [0, 0.05) is 11.1 Å². The number of hydrogen-bond acceptors (Lipinski definition) is 5. The minimum Gasteiger partial charge on any atom is -0.391 e. The number of nitrogens with one attached hydrogen (secondary N) is 2. The molecule has 0 saturated heterocycles. The summed E-state index contributed by atoms with van der Waals surface area (Å²) in [4.78, 5) is 24.5. The van der Waals surface area contributed by atoms with E-state index >= 15 is 0 Å². The van der Waals surface area contributed by atoms with Crippen LogP contribution >= 0.6 is 11.3 Å². The zero-order valence-corrected chi connectivity index (χ0v) is 13.6. The van der Waals surface area contributed by atoms with E-state index in [4.69, 9.17) is 5.21 Å². The monoisotopic (exact) mass is 360 g/mol. The van der Waals surface area contributed by atoms with Crippen molar-refractivity contribution in [2.24, 2.45) is 0 Å². The van der Waals surface area contributed by atoms with Gasteiger partial charge in [-0.05, 0) is 42.6 Å². The second kappa shape index (κ2) is 9.59. The molecule has 0 aliphatic heterocycles. The van der Waals surface area contributed by atoms with Gasteiger partial charge in [0.1, 0.15) is 6.04 Å². The predicted octanol–water partition coefficient (Wildman–Crippen LogP) is 1.77. The summed E-state index contributed by atoms with van der Waals surface area (Å²) in [5, 5.41) is 22.5. The van der Waals surface area contributed by atoms with Gasteiger partial charge in [-0.1, -0.05) is 25.3 Å². The Morgan fingerprint density at radius 1 is 1.16 bits per heavy atom. The minimum absolute atomic E-state index is 0. The maximum Gasteiger partial charge on any atom is 0.268 e. The van der Waals surface area contributed by atoms with Crippen LogP contribution < -0.4 is 10.8 Å². The SMILES string of the molecule is C.C[C@@H](O)[C@H](NC(=O)c1ccc(C#Cc2cccs2)cc1)C(=O)NO. The Hall–Kier alpha value is -2.66. The van der Waals surface area contributed by atoms with Gasteiger partial charge in [-0.15, -0.1) is 11.3 Å². The molecule has 132 valence electrons. The maximum absolute atomic E-state index is 12.1. The number of benzene rings is 1. The smallest absolute Gasteiger partial charge is 0.268 e. The van der Waals surface area contributed by atoms with Crippen molar-refractivity contribution in [1.29, 1.82) is 0 Å². The van der Waals surface area contributed by atoms with E-state index in [0.717, 1.165) is 10.4 Å². The molecule has 1 heterocycles. The Morgan fingerprint density at radius 2 is 1.84 bits per heavy atom. The van der Waals surface area contributed by atoms with Gasteiger partial charge in [0.2, 0.25) is 0 Å². The number of carbonyl (C=O) groups excluding carboxylic acids is 2. The fourth-order valence-corrected chi connectivity index (χ4v) is 2.46. The van der Waals surface area contributed by atoms with Crippen molar-refractivity contribution in [3.63, 3.8) is 0 Å². The van der Waals surface area contributed by atoms with Crippen LogP contribution in [0.2, 0.25) is 0 Å². The Bertz CT molecular complexity index is 759. The molecule has 4 N–H and O–H groups in total. The Balaban J connectivity index is 0.00000312. The van der Waals surface area contributed by atoms with E-state index in [0.29, 0.717) is 5.56 Å². The molecule has 0 spiro atoms. The predicted molar refractivity (Wildman–Crippen MR) is 96.3 cm³/mol. The highest BCUT2D eigenvalue weighted by molar-refractivity contribution is 7.10. The van der Waals surface area contributed by atoms with Crippen LogP contribution in [0, 0.1) is 11.8 Å². The summed E-state index contributed by atoms with van der Waals surface area (Å²) >= 11 is 1.54. The van der Waals surface area contributed by atoms with E-state index in [1.54, 1.807) is 35.6 Å². The fourth-order valence-electron chi connectivity index (χ4n) is 1.89. The molecule has 1 aromatic heterocycles. The molecule has 25 heavy (non-hydrogen) atoms. The van der Waals surface area contributed by atoms with Crippen LogP contribution in [0.15, 0.2) is 41.8 Å². The zero-order valence-electron chi connectivity index (χ0n) is 12.8. The van der Waals surface area contributed by atoms with E-state index in [9.17, 15) is 14.7 Å². The molecule has 2 amide bonds. The molecule has 7 heteroatoms. The standard InChI is InChI=1S/C17H16N2O4S.CH4/c1-11(20)15(17(22)19-23)18-16(21)13-7-4-12(5-8-13)6-9-14-3-2-10-24-14;/h2-5,7-8,10-11,15,20,23H,1H3,(H,18,21)(H,19,22);1H4/t11-,15+;/m1./s1. The summed E-state index contributed by atoms with van der Waals surface area (Å²) in [5.74, 6) is 4.57.